The number of para-hydroxylation sites is 1. The van der Waals surface area contributed by atoms with Gasteiger partial charge in [0.1, 0.15) is 6.07 Å². The summed E-state index contributed by atoms with van der Waals surface area (Å²) < 4.78 is 0. The SMILES string of the molecule is CC(=O)N1CCN(c2c(Cl)cccc2N/N=C(\C#N)C(=N)N)CC1. The molecular weight excluding hydrogens is 330 g/mol. The topological polar surface area (TPSA) is 122 Å². The highest BCUT2D eigenvalue weighted by Crippen LogP contribution is 2.34. The minimum absolute atomic E-state index is 0.0527. The Balaban J connectivity index is 2.24. The number of nitrogens with zero attached hydrogens (tertiary/aromatic N) is 4. The van der Waals surface area contributed by atoms with E-state index in [4.69, 9.17) is 28.0 Å². The molecule has 0 aromatic heterocycles. The molecule has 1 aliphatic rings. The lowest BCUT2D eigenvalue weighted by Gasteiger charge is -2.36. The summed E-state index contributed by atoms with van der Waals surface area (Å²) in [6, 6.07) is 7.05. The molecule has 2 rings (SSSR count). The zero-order chi connectivity index (χ0) is 17.7. The zero-order valence-corrected chi connectivity index (χ0v) is 14.0. The van der Waals surface area contributed by atoms with Gasteiger partial charge < -0.3 is 15.5 Å². The first-order chi connectivity index (χ1) is 11.4. The Morgan fingerprint density at radius 2 is 2.08 bits per heavy atom. The molecule has 1 fully saturated rings. The molecule has 0 spiro atoms. The van der Waals surface area contributed by atoms with E-state index >= 15 is 0 Å². The van der Waals surface area contributed by atoms with Crippen LogP contribution < -0.4 is 16.1 Å². The minimum Gasteiger partial charge on any atom is -0.382 e. The number of hydrogen-bond donors (Lipinski definition) is 3. The number of piperazine rings is 1. The molecule has 1 aromatic rings. The van der Waals surface area contributed by atoms with Crippen molar-refractivity contribution in [1.29, 1.82) is 10.7 Å². The number of nitrogens with two attached hydrogens (primary N) is 1. The van der Waals surface area contributed by atoms with Gasteiger partial charge in [-0.2, -0.15) is 10.4 Å². The van der Waals surface area contributed by atoms with Crippen LogP contribution in [-0.2, 0) is 4.79 Å². The van der Waals surface area contributed by atoms with Crippen LogP contribution >= 0.6 is 11.6 Å². The number of nitriles is 1. The van der Waals surface area contributed by atoms with Gasteiger partial charge in [0, 0.05) is 33.1 Å². The number of rotatable bonds is 4. The van der Waals surface area contributed by atoms with Gasteiger partial charge in [0.15, 0.2) is 5.84 Å². The van der Waals surface area contributed by atoms with Crippen molar-refractivity contribution in [2.24, 2.45) is 10.8 Å². The maximum Gasteiger partial charge on any atom is 0.219 e. The van der Waals surface area contributed by atoms with Crippen molar-refractivity contribution < 1.29 is 4.79 Å². The monoisotopic (exact) mass is 347 g/mol. The summed E-state index contributed by atoms with van der Waals surface area (Å²) in [5, 5.41) is 20.6. The van der Waals surface area contributed by atoms with Gasteiger partial charge in [0.25, 0.3) is 0 Å². The summed E-state index contributed by atoms with van der Waals surface area (Å²) in [4.78, 5) is 15.3. The van der Waals surface area contributed by atoms with Crippen LogP contribution in [0.1, 0.15) is 6.92 Å². The molecule has 1 aliphatic heterocycles. The smallest absolute Gasteiger partial charge is 0.219 e. The number of amidine groups is 1. The number of hydrazone groups is 1. The van der Waals surface area contributed by atoms with Crippen molar-refractivity contribution in [2.75, 3.05) is 36.5 Å². The molecule has 1 saturated heterocycles. The van der Waals surface area contributed by atoms with Gasteiger partial charge in [-0.05, 0) is 12.1 Å². The van der Waals surface area contributed by atoms with E-state index in [2.05, 4.69) is 15.4 Å². The van der Waals surface area contributed by atoms with E-state index in [1.165, 1.54) is 0 Å². The molecule has 0 unspecified atom stereocenters. The van der Waals surface area contributed by atoms with Crippen LogP contribution in [0.4, 0.5) is 11.4 Å². The fourth-order valence-electron chi connectivity index (χ4n) is 2.43. The van der Waals surface area contributed by atoms with E-state index in [1.807, 2.05) is 0 Å². The summed E-state index contributed by atoms with van der Waals surface area (Å²) in [6.07, 6.45) is 0. The van der Waals surface area contributed by atoms with Crippen LogP contribution in [0.25, 0.3) is 0 Å². The van der Waals surface area contributed by atoms with Crippen LogP contribution in [0.5, 0.6) is 0 Å². The van der Waals surface area contributed by atoms with Crippen molar-refractivity contribution in [1.82, 2.24) is 4.90 Å². The molecule has 1 aromatic carbocycles. The van der Waals surface area contributed by atoms with Crippen LogP contribution in [0, 0.1) is 16.7 Å². The highest BCUT2D eigenvalue weighted by Gasteiger charge is 2.22. The van der Waals surface area contributed by atoms with E-state index in [0.717, 1.165) is 5.69 Å². The van der Waals surface area contributed by atoms with Crippen molar-refractivity contribution in [3.8, 4) is 6.07 Å². The Kier molecular flexibility index (Phi) is 5.60. The van der Waals surface area contributed by atoms with E-state index in [9.17, 15) is 4.79 Å². The van der Waals surface area contributed by atoms with E-state index < -0.39 is 5.84 Å². The Labute approximate surface area is 145 Å². The quantitative estimate of drug-likeness (QED) is 0.429. The molecule has 1 heterocycles. The summed E-state index contributed by atoms with van der Waals surface area (Å²) in [5.41, 5.74) is 9.18. The molecule has 4 N–H and O–H groups in total. The van der Waals surface area contributed by atoms with Crippen molar-refractivity contribution in [3.63, 3.8) is 0 Å². The van der Waals surface area contributed by atoms with E-state index in [0.29, 0.717) is 36.9 Å². The number of carbonyl (C=O) groups excluding carboxylic acids is 1. The maximum atomic E-state index is 11.4. The van der Waals surface area contributed by atoms with Crippen LogP contribution in [0.15, 0.2) is 23.3 Å². The fraction of sp³-hybridized carbons (Fsp3) is 0.333. The first-order valence-electron chi connectivity index (χ1n) is 7.31. The third-order valence-corrected chi connectivity index (χ3v) is 3.98. The Bertz CT molecular complexity index is 717. The first kappa shape index (κ1) is 17.6. The van der Waals surface area contributed by atoms with E-state index in [-0.39, 0.29) is 11.6 Å². The predicted octanol–water partition coefficient (Wildman–Crippen LogP) is 1.24. The number of halogens is 1. The largest absolute Gasteiger partial charge is 0.382 e. The number of nitrogens with one attached hydrogen (secondary N) is 2. The van der Waals surface area contributed by atoms with Crippen LogP contribution in [0.3, 0.4) is 0 Å². The minimum atomic E-state index is -0.413. The lowest BCUT2D eigenvalue weighted by Crippen LogP contribution is -2.48. The molecule has 0 atom stereocenters. The normalized spacial score (nSPS) is 15.0. The number of amides is 1. The van der Waals surface area contributed by atoms with Gasteiger partial charge in [0.2, 0.25) is 11.6 Å². The number of benzene rings is 1. The Hall–Kier alpha value is -2.79. The third-order valence-electron chi connectivity index (χ3n) is 3.68. The van der Waals surface area contributed by atoms with Gasteiger partial charge in [-0.3, -0.25) is 15.6 Å². The second kappa shape index (κ2) is 7.66. The highest BCUT2D eigenvalue weighted by molar-refractivity contribution is 6.45. The molecule has 9 heteroatoms. The van der Waals surface area contributed by atoms with E-state index in [1.54, 1.807) is 36.1 Å². The fourth-order valence-corrected chi connectivity index (χ4v) is 2.73. The molecule has 0 radical (unpaired) electrons. The molecule has 0 aliphatic carbocycles. The lowest BCUT2D eigenvalue weighted by atomic mass is 10.2. The summed E-state index contributed by atoms with van der Waals surface area (Å²) in [5.74, 6) is -0.361. The Morgan fingerprint density at radius 3 is 2.62 bits per heavy atom. The van der Waals surface area contributed by atoms with Crippen molar-refractivity contribution >= 4 is 40.4 Å². The standard InChI is InChI=1S/C15H18ClN7O/c1-10(24)22-5-7-23(8-6-22)14-11(16)3-2-4-12(14)20-21-13(9-17)15(18)19/h2-4,20H,5-8H2,1H3,(H3,18,19)/b21-13+. The number of hydrogen-bond acceptors (Lipinski definition) is 6. The van der Waals surface area contributed by atoms with Crippen molar-refractivity contribution in [3.05, 3.63) is 23.2 Å². The summed E-state index contributed by atoms with van der Waals surface area (Å²) >= 11 is 6.33. The van der Waals surface area contributed by atoms with Gasteiger partial charge in [0.05, 0.1) is 16.4 Å². The molecule has 24 heavy (non-hydrogen) atoms. The average Bonchev–Trinajstić information content (AvgIpc) is 2.55. The highest BCUT2D eigenvalue weighted by atomic mass is 35.5. The zero-order valence-electron chi connectivity index (χ0n) is 13.2. The number of anilines is 2. The lowest BCUT2D eigenvalue weighted by molar-refractivity contribution is -0.129. The molecule has 126 valence electrons. The molecule has 1 amide bonds. The first-order valence-corrected chi connectivity index (χ1v) is 7.69. The van der Waals surface area contributed by atoms with Crippen molar-refractivity contribution in [2.45, 2.75) is 6.92 Å². The van der Waals surface area contributed by atoms with Gasteiger partial charge >= 0.3 is 0 Å². The van der Waals surface area contributed by atoms with Gasteiger partial charge in [-0.1, -0.05) is 17.7 Å². The molecule has 8 nitrogen and oxygen atoms in total. The van der Waals surface area contributed by atoms with Crippen LogP contribution in [-0.4, -0.2) is 48.5 Å². The predicted molar refractivity (Wildman–Crippen MR) is 94.5 cm³/mol. The maximum absolute atomic E-state index is 11.4. The molecule has 0 bridgehead atoms. The van der Waals surface area contributed by atoms with Crippen LogP contribution in [0.2, 0.25) is 5.02 Å². The average molecular weight is 348 g/mol. The third kappa shape index (κ3) is 3.94. The molecular formula is C15H18ClN7O. The number of carbonyl (C=O) groups is 1. The second-order valence-electron chi connectivity index (χ2n) is 5.23. The van der Waals surface area contributed by atoms with Gasteiger partial charge in [-0.15, -0.1) is 0 Å². The second-order valence-corrected chi connectivity index (χ2v) is 5.63. The summed E-state index contributed by atoms with van der Waals surface area (Å²) in [7, 11) is 0. The molecule has 0 saturated carbocycles. The summed E-state index contributed by atoms with van der Waals surface area (Å²) in [6.45, 7) is 4.05. The Morgan fingerprint density at radius 1 is 1.42 bits per heavy atom. The van der Waals surface area contributed by atoms with Gasteiger partial charge in [-0.25, -0.2) is 0 Å².